The summed E-state index contributed by atoms with van der Waals surface area (Å²) in [4.78, 5) is 31.1. The molecule has 0 aliphatic heterocycles. The van der Waals surface area contributed by atoms with Crippen LogP contribution in [0, 0.1) is 0 Å². The summed E-state index contributed by atoms with van der Waals surface area (Å²) in [6.07, 6.45) is 6.16. The van der Waals surface area contributed by atoms with E-state index in [9.17, 15) is 19.8 Å². The fourth-order valence-corrected chi connectivity index (χ4v) is 3.75. The van der Waals surface area contributed by atoms with Gasteiger partial charge in [0.15, 0.2) is 12.8 Å². The van der Waals surface area contributed by atoms with Gasteiger partial charge in [0.1, 0.15) is 23.0 Å². The first-order chi connectivity index (χ1) is 18.4. The number of aromatic hydroxyl groups is 2. The minimum atomic E-state index is -0.294. The van der Waals surface area contributed by atoms with Crippen molar-refractivity contribution in [1.29, 1.82) is 0 Å². The SMILES string of the molecule is CCOC(=O)CC(c1ccc(O)cc1)c1cnco1.CCOC(=O)C[C@@H](c1ccc(O)cc1)c1cnco1. The number of oxazole rings is 2. The predicted molar refractivity (Wildman–Crippen MR) is 135 cm³/mol. The second kappa shape index (κ2) is 14.2. The molecule has 0 bridgehead atoms. The first kappa shape index (κ1) is 28.0. The maximum Gasteiger partial charge on any atom is 0.306 e. The van der Waals surface area contributed by atoms with Crippen LogP contribution in [-0.4, -0.2) is 45.3 Å². The van der Waals surface area contributed by atoms with Gasteiger partial charge in [0.05, 0.1) is 50.3 Å². The highest BCUT2D eigenvalue weighted by atomic mass is 16.5. The fourth-order valence-electron chi connectivity index (χ4n) is 3.75. The van der Waals surface area contributed by atoms with Crippen molar-refractivity contribution in [3.63, 3.8) is 0 Å². The number of phenols is 2. The number of aromatic nitrogens is 2. The molecule has 0 aliphatic carbocycles. The Bertz CT molecular complexity index is 1140. The van der Waals surface area contributed by atoms with E-state index < -0.39 is 0 Å². The smallest absolute Gasteiger partial charge is 0.306 e. The first-order valence-corrected chi connectivity index (χ1v) is 12.1. The Balaban J connectivity index is 0.000000211. The molecule has 0 amide bonds. The first-order valence-electron chi connectivity index (χ1n) is 12.1. The molecule has 4 aromatic rings. The van der Waals surface area contributed by atoms with E-state index in [1.165, 1.54) is 12.8 Å². The van der Waals surface area contributed by atoms with Crippen LogP contribution in [0.5, 0.6) is 11.5 Å². The lowest BCUT2D eigenvalue weighted by Gasteiger charge is -2.13. The lowest BCUT2D eigenvalue weighted by Crippen LogP contribution is -2.11. The third-order valence-corrected chi connectivity index (χ3v) is 5.53. The van der Waals surface area contributed by atoms with Crippen molar-refractivity contribution >= 4 is 11.9 Å². The Morgan fingerprint density at radius 3 is 1.37 bits per heavy atom. The number of hydrogen-bond acceptors (Lipinski definition) is 10. The molecule has 1 unspecified atom stereocenters. The lowest BCUT2D eigenvalue weighted by molar-refractivity contribution is -0.144. The van der Waals surface area contributed by atoms with Crippen molar-refractivity contribution in [3.05, 3.63) is 96.4 Å². The van der Waals surface area contributed by atoms with Crippen LogP contribution in [0.1, 0.15) is 61.2 Å². The predicted octanol–water partition coefficient (Wildman–Crippen LogP) is 4.93. The molecule has 0 radical (unpaired) electrons. The minimum absolute atomic E-state index is 0.174. The summed E-state index contributed by atoms with van der Waals surface area (Å²) in [5, 5.41) is 18.6. The van der Waals surface area contributed by atoms with Crippen LogP contribution in [0.2, 0.25) is 0 Å². The third-order valence-electron chi connectivity index (χ3n) is 5.53. The van der Waals surface area contributed by atoms with Gasteiger partial charge in [-0.3, -0.25) is 9.59 Å². The topological polar surface area (TPSA) is 145 Å². The third kappa shape index (κ3) is 8.22. The average Bonchev–Trinajstić information content (AvgIpc) is 3.63. The summed E-state index contributed by atoms with van der Waals surface area (Å²) in [6, 6.07) is 13.3. The van der Waals surface area contributed by atoms with Crippen LogP contribution < -0.4 is 0 Å². The van der Waals surface area contributed by atoms with Crippen LogP contribution in [0.4, 0.5) is 0 Å². The number of carbonyl (C=O) groups is 2. The quantitative estimate of drug-likeness (QED) is 0.275. The Hall–Kier alpha value is -4.60. The van der Waals surface area contributed by atoms with Gasteiger partial charge in [0.2, 0.25) is 0 Å². The number of phenolic OH excluding ortho intramolecular Hbond substituents is 2. The van der Waals surface area contributed by atoms with Gasteiger partial charge < -0.3 is 28.5 Å². The van der Waals surface area contributed by atoms with Gasteiger partial charge >= 0.3 is 11.9 Å². The summed E-state index contributed by atoms with van der Waals surface area (Å²) in [5.74, 6) is 0.433. The highest BCUT2D eigenvalue weighted by Crippen LogP contribution is 2.30. The van der Waals surface area contributed by atoms with Crippen molar-refractivity contribution in [2.75, 3.05) is 13.2 Å². The molecule has 38 heavy (non-hydrogen) atoms. The van der Waals surface area contributed by atoms with Crippen LogP contribution in [0.15, 0.2) is 82.5 Å². The Morgan fingerprint density at radius 2 is 1.08 bits per heavy atom. The van der Waals surface area contributed by atoms with Crippen LogP contribution in [-0.2, 0) is 19.1 Å². The van der Waals surface area contributed by atoms with Crippen LogP contribution in [0.25, 0.3) is 0 Å². The molecule has 0 saturated heterocycles. The van der Waals surface area contributed by atoms with Crippen LogP contribution in [0.3, 0.4) is 0 Å². The number of rotatable bonds is 10. The Kier molecular flexibility index (Phi) is 10.5. The maximum absolute atomic E-state index is 11.7. The molecule has 2 atom stereocenters. The minimum Gasteiger partial charge on any atom is -0.508 e. The van der Waals surface area contributed by atoms with Gasteiger partial charge in [-0.25, -0.2) is 9.97 Å². The second-order valence-electron chi connectivity index (χ2n) is 8.11. The van der Waals surface area contributed by atoms with E-state index in [2.05, 4.69) is 9.97 Å². The molecule has 0 fully saturated rings. The fraction of sp³-hybridized carbons (Fsp3) is 0.286. The van der Waals surface area contributed by atoms with Crippen molar-refractivity contribution in [1.82, 2.24) is 9.97 Å². The highest BCUT2D eigenvalue weighted by Gasteiger charge is 2.23. The van der Waals surface area contributed by atoms with E-state index >= 15 is 0 Å². The number of benzene rings is 2. The highest BCUT2D eigenvalue weighted by molar-refractivity contribution is 5.71. The summed E-state index contributed by atoms with van der Waals surface area (Å²) in [7, 11) is 0. The summed E-state index contributed by atoms with van der Waals surface area (Å²) in [6.45, 7) is 4.22. The largest absolute Gasteiger partial charge is 0.508 e. The van der Waals surface area contributed by atoms with Gasteiger partial charge in [-0.05, 0) is 49.2 Å². The van der Waals surface area contributed by atoms with Crippen molar-refractivity contribution in [2.45, 2.75) is 38.5 Å². The number of nitrogens with zero attached hydrogens (tertiary/aromatic N) is 2. The van der Waals surface area contributed by atoms with E-state index in [4.69, 9.17) is 18.3 Å². The van der Waals surface area contributed by atoms with Gasteiger partial charge in [0, 0.05) is 0 Å². The number of esters is 2. The van der Waals surface area contributed by atoms with Gasteiger partial charge in [0.25, 0.3) is 0 Å². The molecular formula is C28H30N2O8. The molecule has 10 heteroatoms. The maximum atomic E-state index is 11.7. The van der Waals surface area contributed by atoms with E-state index in [-0.39, 0.29) is 48.1 Å². The molecule has 0 saturated carbocycles. The van der Waals surface area contributed by atoms with E-state index in [1.54, 1.807) is 74.8 Å². The molecule has 4 rings (SSSR count). The summed E-state index contributed by atoms with van der Waals surface area (Å²) in [5.41, 5.74) is 1.73. The Morgan fingerprint density at radius 1 is 0.711 bits per heavy atom. The molecule has 200 valence electrons. The zero-order chi connectivity index (χ0) is 27.3. The lowest BCUT2D eigenvalue weighted by atomic mass is 9.93. The average molecular weight is 523 g/mol. The van der Waals surface area contributed by atoms with Crippen molar-refractivity contribution in [3.8, 4) is 11.5 Å². The molecule has 2 aromatic heterocycles. The van der Waals surface area contributed by atoms with Crippen LogP contribution >= 0.6 is 0 Å². The molecule has 0 spiro atoms. The van der Waals surface area contributed by atoms with Crippen molar-refractivity contribution in [2.24, 2.45) is 0 Å². The normalized spacial score (nSPS) is 12.1. The summed E-state index contributed by atoms with van der Waals surface area (Å²) < 4.78 is 20.5. The second-order valence-corrected chi connectivity index (χ2v) is 8.11. The number of hydrogen-bond donors (Lipinski definition) is 2. The monoisotopic (exact) mass is 522 g/mol. The van der Waals surface area contributed by atoms with E-state index in [0.717, 1.165) is 11.1 Å². The zero-order valence-electron chi connectivity index (χ0n) is 21.1. The molecule has 0 aliphatic rings. The Labute approximate surface area is 219 Å². The molecule has 10 nitrogen and oxygen atoms in total. The van der Waals surface area contributed by atoms with Gasteiger partial charge in [-0.1, -0.05) is 24.3 Å². The van der Waals surface area contributed by atoms with Crippen molar-refractivity contribution < 1.29 is 38.1 Å². The van der Waals surface area contributed by atoms with Gasteiger partial charge in [-0.15, -0.1) is 0 Å². The standard InChI is InChI=1S/2C14H15NO4/c2*1-2-18-14(17)7-12(13-8-15-9-19-13)10-3-5-11(16)6-4-10/h2*3-6,8-9,12,16H,2,7H2,1H3/t12-;/m0./s1. The zero-order valence-corrected chi connectivity index (χ0v) is 21.1. The van der Waals surface area contributed by atoms with E-state index in [0.29, 0.717) is 24.7 Å². The molecular weight excluding hydrogens is 492 g/mol. The number of ether oxygens (including phenoxy) is 2. The summed E-state index contributed by atoms with van der Waals surface area (Å²) >= 11 is 0. The number of carbonyl (C=O) groups excluding carboxylic acids is 2. The molecule has 2 N–H and O–H groups in total. The van der Waals surface area contributed by atoms with Gasteiger partial charge in [-0.2, -0.15) is 0 Å². The molecule has 2 heterocycles. The molecule has 2 aromatic carbocycles. The van der Waals surface area contributed by atoms with E-state index in [1.807, 2.05) is 0 Å².